The number of benzene rings is 1. The van der Waals surface area contributed by atoms with Crippen LogP contribution in [0.4, 0.5) is 4.79 Å². The van der Waals surface area contributed by atoms with Gasteiger partial charge in [-0.25, -0.2) is 14.6 Å². The van der Waals surface area contributed by atoms with Gasteiger partial charge in [0.15, 0.2) is 5.78 Å². The van der Waals surface area contributed by atoms with Crippen molar-refractivity contribution >= 4 is 36.7 Å². The Labute approximate surface area is 211 Å². The third-order valence-corrected chi connectivity index (χ3v) is 6.52. The summed E-state index contributed by atoms with van der Waals surface area (Å²) in [5.74, 6) is -4.06. The van der Waals surface area contributed by atoms with E-state index in [9.17, 15) is 34.1 Å². The van der Waals surface area contributed by atoms with Gasteiger partial charge in [-0.2, -0.15) is 0 Å². The Morgan fingerprint density at radius 3 is 2.73 bits per heavy atom. The molecule has 0 radical (unpaired) electrons. The number of nitrogens with zero attached hydrogens (tertiary/aromatic N) is 3. The highest BCUT2D eigenvalue weighted by atomic mass is 16.5. The molecule has 1 saturated heterocycles. The number of aromatic amines is 1. The molecule has 13 nitrogen and oxygen atoms in total. The topological polar surface area (TPSA) is 182 Å². The summed E-state index contributed by atoms with van der Waals surface area (Å²) >= 11 is 0. The molecule has 2 atom stereocenters. The lowest BCUT2D eigenvalue weighted by molar-refractivity contribution is -0.153. The van der Waals surface area contributed by atoms with Gasteiger partial charge in [0, 0.05) is 50.2 Å². The van der Waals surface area contributed by atoms with Crippen LogP contribution in [-0.4, -0.2) is 92.3 Å². The normalized spacial score (nSPS) is 18.2. The maximum Gasteiger partial charge on any atom is 0.526 e. The van der Waals surface area contributed by atoms with Crippen LogP contribution in [0.3, 0.4) is 0 Å². The van der Waals surface area contributed by atoms with Crippen LogP contribution in [0.25, 0.3) is 0 Å². The zero-order chi connectivity index (χ0) is 26.7. The molecule has 2 aliphatic rings. The summed E-state index contributed by atoms with van der Waals surface area (Å²) in [6.07, 6.45) is 2.92. The Kier molecular flexibility index (Phi) is 7.57. The summed E-state index contributed by atoms with van der Waals surface area (Å²) in [5, 5.41) is 22.5. The summed E-state index contributed by atoms with van der Waals surface area (Å²) in [6, 6.07) is 2.61. The van der Waals surface area contributed by atoms with Gasteiger partial charge in [0.2, 0.25) is 0 Å². The van der Waals surface area contributed by atoms with Crippen molar-refractivity contribution in [2.24, 2.45) is 0 Å². The first-order valence-electron chi connectivity index (χ1n) is 11.8. The van der Waals surface area contributed by atoms with Crippen LogP contribution in [-0.2, 0) is 27.2 Å². The second-order valence-electron chi connectivity index (χ2n) is 8.87. The molecule has 0 unspecified atom stereocenters. The van der Waals surface area contributed by atoms with Gasteiger partial charge in [0.25, 0.3) is 0 Å². The number of likely N-dealkylation sites (N-methyl/N-ethyl adjacent to an activating group) is 1. The highest BCUT2D eigenvalue weighted by Crippen LogP contribution is 2.36. The number of Topliss-reactive ketones (excluding diaryl/α,β-unsaturated/α-hetero) is 1. The number of imidazole rings is 1. The van der Waals surface area contributed by atoms with E-state index in [1.807, 2.05) is 0 Å². The number of piperazine rings is 1. The average molecular weight is 511 g/mol. The molecule has 2 aromatic rings. The minimum Gasteiger partial charge on any atom is -0.535 e. The number of carboxylic acid groups (broad SMARTS) is 1. The highest BCUT2D eigenvalue weighted by molar-refractivity contribution is 6.47. The number of aromatic carboxylic acids is 1. The first-order chi connectivity index (χ1) is 17.7. The highest BCUT2D eigenvalue weighted by Gasteiger charge is 2.40. The summed E-state index contributed by atoms with van der Waals surface area (Å²) in [6.45, 7) is 2.25. The Morgan fingerprint density at radius 1 is 1.27 bits per heavy atom. The summed E-state index contributed by atoms with van der Waals surface area (Å²) in [7, 11) is -1.44. The predicted octanol–water partition coefficient (Wildman–Crippen LogP) is -0.136. The first kappa shape index (κ1) is 25.9. The summed E-state index contributed by atoms with van der Waals surface area (Å²) < 4.78 is 5.47. The summed E-state index contributed by atoms with van der Waals surface area (Å²) in [5.41, 5.74) is 0.997. The largest absolute Gasteiger partial charge is 0.535 e. The number of hydrogen-bond acceptors (Lipinski definition) is 8. The molecule has 194 valence electrons. The fourth-order valence-electron chi connectivity index (χ4n) is 4.49. The number of urea groups is 1. The van der Waals surface area contributed by atoms with Crippen LogP contribution < -0.4 is 9.97 Å². The SMILES string of the molecule is CCN1CCN(C(=O)N[C@H](Cc2cnc[nH]2)C(=O)C[C@H]2Cc3cccc(C(=O)O)c3OB2O)C(=O)C1=O. The van der Waals surface area contributed by atoms with Crippen LogP contribution in [0, 0.1) is 0 Å². The Balaban J connectivity index is 1.49. The molecular formula is C23H26BN5O8. The van der Waals surface area contributed by atoms with E-state index in [1.54, 1.807) is 19.1 Å². The first-order valence-corrected chi connectivity index (χ1v) is 11.8. The summed E-state index contributed by atoms with van der Waals surface area (Å²) in [4.78, 5) is 71.3. The van der Waals surface area contributed by atoms with Crippen LogP contribution in [0.15, 0.2) is 30.7 Å². The third-order valence-electron chi connectivity index (χ3n) is 6.52. The number of fused-ring (bicyclic) bond motifs is 1. The molecule has 1 aromatic heterocycles. The molecule has 1 aromatic carbocycles. The minimum atomic E-state index is -1.44. The van der Waals surface area contributed by atoms with Crippen molar-refractivity contribution in [3.8, 4) is 5.75 Å². The van der Waals surface area contributed by atoms with Crippen molar-refractivity contribution in [2.45, 2.75) is 38.0 Å². The van der Waals surface area contributed by atoms with Gasteiger partial charge in [-0.3, -0.25) is 19.3 Å². The predicted molar refractivity (Wildman–Crippen MR) is 128 cm³/mol. The van der Waals surface area contributed by atoms with Gasteiger partial charge in [0.05, 0.1) is 17.9 Å². The van der Waals surface area contributed by atoms with E-state index in [0.29, 0.717) is 17.8 Å². The number of carboxylic acids is 1. The number of amides is 4. The van der Waals surface area contributed by atoms with E-state index >= 15 is 0 Å². The maximum absolute atomic E-state index is 13.3. The fourth-order valence-corrected chi connectivity index (χ4v) is 4.49. The van der Waals surface area contributed by atoms with E-state index in [1.165, 1.54) is 23.5 Å². The maximum atomic E-state index is 13.3. The monoisotopic (exact) mass is 511 g/mol. The zero-order valence-electron chi connectivity index (χ0n) is 20.0. The van der Waals surface area contributed by atoms with E-state index in [2.05, 4.69) is 15.3 Å². The Hall–Kier alpha value is -4.20. The number of carbonyl (C=O) groups excluding carboxylic acids is 4. The molecule has 2 aliphatic heterocycles. The van der Waals surface area contributed by atoms with Gasteiger partial charge >= 0.3 is 30.9 Å². The number of rotatable bonds is 8. The third kappa shape index (κ3) is 5.48. The van der Waals surface area contributed by atoms with Gasteiger partial charge in [-0.1, -0.05) is 12.1 Å². The minimum absolute atomic E-state index is 0.00686. The van der Waals surface area contributed by atoms with Gasteiger partial charge in [-0.15, -0.1) is 0 Å². The zero-order valence-corrected chi connectivity index (χ0v) is 20.0. The Morgan fingerprint density at radius 2 is 2.05 bits per heavy atom. The van der Waals surface area contributed by atoms with Crippen LogP contribution in [0.1, 0.15) is 35.0 Å². The molecule has 4 rings (SSSR count). The molecule has 4 amide bonds. The van der Waals surface area contributed by atoms with Crippen molar-refractivity contribution in [2.75, 3.05) is 19.6 Å². The van der Waals surface area contributed by atoms with Gasteiger partial charge < -0.3 is 30.0 Å². The van der Waals surface area contributed by atoms with Gasteiger partial charge in [-0.05, 0) is 25.0 Å². The van der Waals surface area contributed by atoms with Gasteiger partial charge in [0.1, 0.15) is 5.75 Å². The Bertz CT molecular complexity index is 1220. The number of H-pyrrole nitrogens is 1. The van der Waals surface area contributed by atoms with E-state index in [-0.39, 0.29) is 43.7 Å². The standard InChI is InChI=1S/C23H26BN5O8/c1-2-28-6-7-29(21(32)20(28)31)23(35)27-17(10-15-11-25-12-26-15)18(30)9-14-8-13-4-3-5-16(22(33)34)19(13)37-24(14)36/h3-5,11-12,14,17,36H,2,6-10H2,1H3,(H,25,26)(H,27,35)(H,33,34)/t14-,17-/m1/s1. The van der Waals surface area contributed by atoms with Crippen molar-refractivity contribution in [3.05, 3.63) is 47.5 Å². The number of hydrogen-bond donors (Lipinski definition) is 4. The van der Waals surface area contributed by atoms with Crippen LogP contribution >= 0.6 is 0 Å². The number of imide groups is 1. The molecule has 37 heavy (non-hydrogen) atoms. The molecule has 0 aliphatic carbocycles. The van der Waals surface area contributed by atoms with Crippen LogP contribution in [0.5, 0.6) is 5.75 Å². The second-order valence-corrected chi connectivity index (χ2v) is 8.87. The van der Waals surface area contributed by atoms with Crippen molar-refractivity contribution in [1.82, 2.24) is 25.1 Å². The molecule has 1 fully saturated rings. The molecular weight excluding hydrogens is 485 g/mol. The lowest BCUT2D eigenvalue weighted by Gasteiger charge is -2.33. The lowest BCUT2D eigenvalue weighted by Crippen LogP contribution is -2.60. The van der Waals surface area contributed by atoms with Crippen LogP contribution in [0.2, 0.25) is 5.82 Å². The average Bonchev–Trinajstić information content (AvgIpc) is 3.38. The second kappa shape index (κ2) is 10.8. The smallest absolute Gasteiger partial charge is 0.526 e. The number of nitrogens with one attached hydrogen (secondary N) is 2. The quantitative estimate of drug-likeness (QED) is 0.277. The molecule has 4 N–H and O–H groups in total. The number of aromatic nitrogens is 2. The van der Waals surface area contributed by atoms with E-state index in [0.717, 1.165) is 4.90 Å². The lowest BCUT2D eigenvalue weighted by atomic mass is 9.64. The number of carbonyl (C=O) groups is 5. The molecule has 3 heterocycles. The molecule has 14 heteroatoms. The number of para-hydroxylation sites is 1. The van der Waals surface area contributed by atoms with E-state index in [4.69, 9.17) is 4.65 Å². The molecule has 0 spiro atoms. The van der Waals surface area contributed by atoms with Crippen molar-refractivity contribution in [3.63, 3.8) is 0 Å². The number of ketones is 1. The molecule has 0 saturated carbocycles. The van der Waals surface area contributed by atoms with Crippen molar-refractivity contribution in [1.29, 1.82) is 0 Å². The fraction of sp³-hybridized carbons (Fsp3) is 0.391. The molecule has 0 bridgehead atoms. The van der Waals surface area contributed by atoms with E-state index < -0.39 is 48.6 Å². The van der Waals surface area contributed by atoms with Crippen molar-refractivity contribution < 1.29 is 38.8 Å².